The maximum absolute atomic E-state index is 4.95. The maximum atomic E-state index is 4.95. The lowest BCUT2D eigenvalue weighted by atomic mass is 10.1. The third-order valence-electron chi connectivity index (χ3n) is 4.70. The number of fused-ring (bicyclic) bond motifs is 1. The molecule has 1 aromatic heterocycles. The van der Waals surface area contributed by atoms with Crippen LogP contribution >= 0.6 is 11.9 Å². The molecule has 4 rings (SSSR count). The summed E-state index contributed by atoms with van der Waals surface area (Å²) in [6, 6.07) is 15.2. The normalized spacial score (nSPS) is 18.4. The van der Waals surface area contributed by atoms with Crippen molar-refractivity contribution in [1.29, 1.82) is 0 Å². The number of benzene rings is 1. The van der Waals surface area contributed by atoms with E-state index in [0.29, 0.717) is 0 Å². The molecule has 2 aromatic rings. The zero-order chi connectivity index (χ0) is 16.2. The first-order valence-electron chi connectivity index (χ1n) is 8.75. The van der Waals surface area contributed by atoms with Gasteiger partial charge in [0.05, 0.1) is 0 Å². The number of nitrogens with zero attached hydrogens (tertiary/aromatic N) is 3. The van der Waals surface area contributed by atoms with Crippen LogP contribution in [-0.2, 0) is 18.7 Å². The first-order valence-corrected chi connectivity index (χ1v) is 9.69. The molecule has 0 bridgehead atoms. The molecule has 3 heterocycles. The zero-order valence-electron chi connectivity index (χ0n) is 13.9. The fraction of sp³-hybridized carbons (Fsp3) is 0.421. The summed E-state index contributed by atoms with van der Waals surface area (Å²) in [5.74, 6) is 2.20. The van der Waals surface area contributed by atoms with Gasteiger partial charge in [0.2, 0.25) is 0 Å². The van der Waals surface area contributed by atoms with Crippen LogP contribution in [-0.4, -0.2) is 42.0 Å². The van der Waals surface area contributed by atoms with Crippen molar-refractivity contribution in [3.63, 3.8) is 0 Å². The highest BCUT2D eigenvalue weighted by Gasteiger charge is 2.20. The smallest absolute Gasteiger partial charge is 0.128 e. The van der Waals surface area contributed by atoms with E-state index in [1.807, 2.05) is 11.9 Å². The van der Waals surface area contributed by atoms with E-state index in [0.717, 1.165) is 57.3 Å². The maximum Gasteiger partial charge on any atom is 0.128 e. The third kappa shape index (κ3) is 3.74. The van der Waals surface area contributed by atoms with Crippen LogP contribution in [0.1, 0.15) is 16.8 Å². The van der Waals surface area contributed by atoms with Gasteiger partial charge < -0.3 is 10.2 Å². The fourth-order valence-corrected chi connectivity index (χ4v) is 4.27. The lowest BCUT2D eigenvalue weighted by Crippen LogP contribution is -2.44. The van der Waals surface area contributed by atoms with Gasteiger partial charge in [0, 0.05) is 57.1 Å². The van der Waals surface area contributed by atoms with Crippen molar-refractivity contribution in [2.24, 2.45) is 0 Å². The topological polar surface area (TPSA) is 31.4 Å². The van der Waals surface area contributed by atoms with Gasteiger partial charge in [-0.3, -0.25) is 0 Å². The number of hydrogen-bond acceptors (Lipinski definition) is 5. The number of nitrogens with one attached hydrogen (secondary N) is 1. The van der Waals surface area contributed by atoms with Crippen molar-refractivity contribution < 1.29 is 0 Å². The molecular weight excluding hydrogens is 316 g/mol. The first kappa shape index (κ1) is 15.9. The molecule has 0 aliphatic carbocycles. The molecule has 0 atom stereocenters. The summed E-state index contributed by atoms with van der Waals surface area (Å²) in [5.41, 5.74) is 4.07. The summed E-state index contributed by atoms with van der Waals surface area (Å²) in [6.07, 6.45) is 1.05. The summed E-state index contributed by atoms with van der Waals surface area (Å²) in [5, 5.41) is 3.40. The Hall–Kier alpha value is -1.56. The Morgan fingerprint density at radius 3 is 2.67 bits per heavy atom. The number of piperazine rings is 1. The molecule has 2 aliphatic rings. The number of pyridine rings is 1. The van der Waals surface area contributed by atoms with Crippen LogP contribution in [0.3, 0.4) is 0 Å². The predicted octanol–water partition coefficient (Wildman–Crippen LogP) is 2.70. The van der Waals surface area contributed by atoms with Gasteiger partial charge in [-0.2, -0.15) is 0 Å². The van der Waals surface area contributed by atoms with Gasteiger partial charge in [0.1, 0.15) is 5.82 Å². The monoisotopic (exact) mass is 340 g/mol. The predicted molar refractivity (Wildman–Crippen MR) is 101 cm³/mol. The fourth-order valence-electron chi connectivity index (χ4n) is 3.30. The Bertz CT molecular complexity index is 670. The van der Waals surface area contributed by atoms with E-state index in [1.165, 1.54) is 16.8 Å². The second-order valence-electron chi connectivity index (χ2n) is 6.38. The summed E-state index contributed by atoms with van der Waals surface area (Å²) >= 11 is 1.93. The molecule has 0 unspecified atom stereocenters. The van der Waals surface area contributed by atoms with Crippen LogP contribution in [0, 0.1) is 0 Å². The minimum absolute atomic E-state index is 1.00. The lowest BCUT2D eigenvalue weighted by molar-refractivity contribution is 0.438. The Balaban J connectivity index is 1.38. The van der Waals surface area contributed by atoms with Gasteiger partial charge in [0.15, 0.2) is 0 Å². The number of hydrogen-bond donors (Lipinski definition) is 1. The minimum Gasteiger partial charge on any atom is -0.354 e. The highest BCUT2D eigenvalue weighted by molar-refractivity contribution is 7.96. The van der Waals surface area contributed by atoms with Crippen molar-refractivity contribution in [1.82, 2.24) is 14.6 Å². The van der Waals surface area contributed by atoms with Crippen molar-refractivity contribution >= 4 is 17.8 Å². The van der Waals surface area contributed by atoms with E-state index in [1.54, 1.807) is 0 Å². The zero-order valence-corrected chi connectivity index (χ0v) is 14.8. The average Bonchev–Trinajstić information content (AvgIpc) is 2.67. The molecule has 5 heteroatoms. The Labute approximate surface area is 148 Å². The van der Waals surface area contributed by atoms with Gasteiger partial charge in [-0.05, 0) is 17.2 Å². The SMILES string of the molecule is c1ccc(CSN2CCc3nc(N4CCNCC4)ccc3C2)cc1. The molecule has 1 aromatic carbocycles. The van der Waals surface area contributed by atoms with Crippen LogP contribution in [0.5, 0.6) is 0 Å². The van der Waals surface area contributed by atoms with E-state index < -0.39 is 0 Å². The summed E-state index contributed by atoms with van der Waals surface area (Å²) < 4.78 is 2.47. The van der Waals surface area contributed by atoms with Gasteiger partial charge in [0.25, 0.3) is 0 Å². The van der Waals surface area contributed by atoms with Crippen LogP contribution in [0.2, 0.25) is 0 Å². The number of aromatic nitrogens is 1. The molecule has 0 spiro atoms. The van der Waals surface area contributed by atoms with E-state index in [4.69, 9.17) is 4.98 Å². The molecule has 24 heavy (non-hydrogen) atoms. The standard InChI is InChI=1S/C19H24N4S/c1-2-4-16(5-3-1)15-24-23-11-8-18-17(14-23)6-7-19(21-18)22-12-9-20-10-13-22/h1-7,20H,8-15H2. The highest BCUT2D eigenvalue weighted by atomic mass is 32.2. The third-order valence-corrected chi connectivity index (χ3v) is 5.84. The van der Waals surface area contributed by atoms with Crippen LogP contribution in [0.4, 0.5) is 5.82 Å². The van der Waals surface area contributed by atoms with Crippen molar-refractivity contribution in [3.05, 3.63) is 59.3 Å². The van der Waals surface area contributed by atoms with E-state index in [-0.39, 0.29) is 0 Å². The Kier molecular flexibility index (Phi) is 5.02. The average molecular weight is 340 g/mol. The summed E-state index contributed by atoms with van der Waals surface area (Å²) in [6.45, 7) is 6.32. The molecular formula is C19H24N4S. The van der Waals surface area contributed by atoms with Gasteiger partial charge in [-0.15, -0.1) is 0 Å². The Morgan fingerprint density at radius 2 is 1.83 bits per heavy atom. The first-order chi connectivity index (χ1) is 11.9. The second kappa shape index (κ2) is 7.55. The number of anilines is 1. The molecule has 0 radical (unpaired) electrons. The van der Waals surface area contributed by atoms with Crippen molar-refractivity contribution in [2.75, 3.05) is 37.6 Å². The highest BCUT2D eigenvalue weighted by Crippen LogP contribution is 2.27. The van der Waals surface area contributed by atoms with Crippen molar-refractivity contribution in [3.8, 4) is 0 Å². The number of rotatable bonds is 4. The molecule has 4 nitrogen and oxygen atoms in total. The van der Waals surface area contributed by atoms with Crippen molar-refractivity contribution in [2.45, 2.75) is 18.7 Å². The molecule has 0 saturated carbocycles. The molecule has 2 aliphatic heterocycles. The molecule has 1 N–H and O–H groups in total. The molecule has 0 amide bonds. The van der Waals surface area contributed by atoms with Gasteiger partial charge >= 0.3 is 0 Å². The summed E-state index contributed by atoms with van der Waals surface area (Å²) in [7, 11) is 0. The molecule has 1 fully saturated rings. The molecule has 1 saturated heterocycles. The van der Waals surface area contributed by atoms with E-state index >= 15 is 0 Å². The lowest BCUT2D eigenvalue weighted by Gasteiger charge is -2.31. The van der Waals surface area contributed by atoms with E-state index in [2.05, 4.69) is 57.0 Å². The van der Waals surface area contributed by atoms with Crippen LogP contribution in [0.25, 0.3) is 0 Å². The minimum atomic E-state index is 1.00. The van der Waals surface area contributed by atoms with Crippen LogP contribution in [0.15, 0.2) is 42.5 Å². The van der Waals surface area contributed by atoms with E-state index in [9.17, 15) is 0 Å². The summed E-state index contributed by atoms with van der Waals surface area (Å²) in [4.78, 5) is 7.35. The Morgan fingerprint density at radius 1 is 1.00 bits per heavy atom. The van der Waals surface area contributed by atoms with Gasteiger partial charge in [-0.1, -0.05) is 48.3 Å². The van der Waals surface area contributed by atoms with Gasteiger partial charge in [-0.25, -0.2) is 9.29 Å². The van der Waals surface area contributed by atoms with Crippen LogP contribution < -0.4 is 10.2 Å². The second-order valence-corrected chi connectivity index (χ2v) is 7.45. The molecule has 126 valence electrons. The largest absolute Gasteiger partial charge is 0.354 e. The quantitative estimate of drug-likeness (QED) is 0.865.